The highest BCUT2D eigenvalue weighted by Gasteiger charge is 2.38. The number of nitrogens with one attached hydrogen (secondary N) is 1. The standard InChI is InChI=1S/C7H11NO4/c1-12-7(11)5-3-8-2-4(5)6(9)10/h4-5,8H,2-3H2,1H3,(H,9,10)/t4-,5+/m1/s1. The van der Waals surface area contributed by atoms with Crippen LogP contribution in [0.15, 0.2) is 0 Å². The van der Waals surface area contributed by atoms with Crippen LogP contribution in [0, 0.1) is 11.8 Å². The monoisotopic (exact) mass is 173 g/mol. The molecule has 0 aliphatic carbocycles. The van der Waals surface area contributed by atoms with Crippen LogP contribution in [0.4, 0.5) is 0 Å². The number of carboxylic acids is 1. The summed E-state index contributed by atoms with van der Waals surface area (Å²) in [6.45, 7) is 0.735. The molecule has 1 fully saturated rings. The van der Waals surface area contributed by atoms with Gasteiger partial charge in [0.25, 0.3) is 0 Å². The highest BCUT2D eigenvalue weighted by molar-refractivity contribution is 5.82. The van der Waals surface area contributed by atoms with Crippen molar-refractivity contribution < 1.29 is 19.4 Å². The lowest BCUT2D eigenvalue weighted by atomic mass is 9.97. The van der Waals surface area contributed by atoms with E-state index in [-0.39, 0.29) is 0 Å². The van der Waals surface area contributed by atoms with E-state index in [1.165, 1.54) is 7.11 Å². The number of ether oxygens (including phenoxy) is 1. The first-order chi connectivity index (χ1) is 5.66. The van der Waals surface area contributed by atoms with Crippen LogP contribution in [0.2, 0.25) is 0 Å². The Labute approximate surface area is 69.7 Å². The average Bonchev–Trinajstić information content (AvgIpc) is 2.50. The van der Waals surface area contributed by atoms with Crippen LogP contribution in [0.1, 0.15) is 0 Å². The molecule has 0 aromatic heterocycles. The van der Waals surface area contributed by atoms with E-state index in [4.69, 9.17) is 5.11 Å². The molecule has 5 nitrogen and oxygen atoms in total. The molecule has 2 N–H and O–H groups in total. The van der Waals surface area contributed by atoms with Crippen LogP contribution in [0.5, 0.6) is 0 Å². The van der Waals surface area contributed by atoms with Crippen LogP contribution < -0.4 is 5.32 Å². The molecule has 0 radical (unpaired) electrons. The predicted molar refractivity (Wildman–Crippen MR) is 39.5 cm³/mol. The molecular weight excluding hydrogens is 162 g/mol. The summed E-state index contributed by atoms with van der Waals surface area (Å²) in [5.74, 6) is -2.58. The van der Waals surface area contributed by atoms with Crippen molar-refractivity contribution in [2.24, 2.45) is 11.8 Å². The summed E-state index contributed by atoms with van der Waals surface area (Å²) in [6.07, 6.45) is 0. The molecule has 1 aliphatic heterocycles. The van der Waals surface area contributed by atoms with Crippen molar-refractivity contribution in [3.8, 4) is 0 Å². The van der Waals surface area contributed by atoms with Crippen molar-refractivity contribution >= 4 is 11.9 Å². The van der Waals surface area contributed by atoms with Gasteiger partial charge in [0.1, 0.15) is 0 Å². The molecular formula is C7H11NO4. The Bertz CT molecular complexity index is 204. The van der Waals surface area contributed by atoms with Crippen LogP contribution in [-0.2, 0) is 14.3 Å². The number of rotatable bonds is 2. The van der Waals surface area contributed by atoms with Crippen molar-refractivity contribution in [1.82, 2.24) is 5.32 Å². The van der Waals surface area contributed by atoms with Crippen LogP contribution >= 0.6 is 0 Å². The van der Waals surface area contributed by atoms with Crippen molar-refractivity contribution in [3.63, 3.8) is 0 Å². The molecule has 0 saturated carbocycles. The molecule has 0 unspecified atom stereocenters. The molecule has 1 saturated heterocycles. The largest absolute Gasteiger partial charge is 0.481 e. The zero-order chi connectivity index (χ0) is 9.14. The maximum Gasteiger partial charge on any atom is 0.310 e. The van der Waals surface area contributed by atoms with E-state index in [0.29, 0.717) is 13.1 Å². The fourth-order valence-electron chi connectivity index (χ4n) is 1.34. The lowest BCUT2D eigenvalue weighted by Gasteiger charge is -2.10. The molecule has 68 valence electrons. The molecule has 0 aromatic carbocycles. The molecule has 5 heteroatoms. The van der Waals surface area contributed by atoms with Crippen molar-refractivity contribution in [2.45, 2.75) is 0 Å². The van der Waals surface area contributed by atoms with Crippen molar-refractivity contribution in [1.29, 1.82) is 0 Å². The summed E-state index contributed by atoms with van der Waals surface area (Å²) < 4.78 is 4.47. The Morgan fingerprint density at radius 3 is 2.50 bits per heavy atom. The molecule has 1 aliphatic rings. The first-order valence-electron chi connectivity index (χ1n) is 3.68. The third-order valence-corrected chi connectivity index (χ3v) is 2.04. The van der Waals surface area contributed by atoms with E-state index in [0.717, 1.165) is 0 Å². The number of methoxy groups -OCH3 is 1. The molecule has 0 amide bonds. The second kappa shape index (κ2) is 3.53. The fourth-order valence-corrected chi connectivity index (χ4v) is 1.34. The molecule has 0 bridgehead atoms. The zero-order valence-electron chi connectivity index (χ0n) is 6.74. The SMILES string of the molecule is COC(=O)[C@H]1CNC[C@H]1C(=O)O. The van der Waals surface area contributed by atoms with Gasteiger partial charge in [-0.15, -0.1) is 0 Å². The summed E-state index contributed by atoms with van der Waals surface area (Å²) in [7, 11) is 1.26. The summed E-state index contributed by atoms with van der Waals surface area (Å²) in [5.41, 5.74) is 0. The molecule has 1 heterocycles. The van der Waals surface area contributed by atoms with Gasteiger partial charge in [-0.25, -0.2) is 0 Å². The summed E-state index contributed by atoms with van der Waals surface area (Å²) in [5, 5.41) is 11.5. The van der Waals surface area contributed by atoms with Crippen LogP contribution in [-0.4, -0.2) is 37.2 Å². The molecule has 2 atom stereocenters. The van der Waals surface area contributed by atoms with Gasteiger partial charge in [0, 0.05) is 13.1 Å². The summed E-state index contributed by atoms with van der Waals surface area (Å²) >= 11 is 0. The van der Waals surface area contributed by atoms with E-state index >= 15 is 0 Å². The Balaban J connectivity index is 2.63. The Morgan fingerprint density at radius 1 is 1.42 bits per heavy atom. The molecule has 0 spiro atoms. The topological polar surface area (TPSA) is 75.6 Å². The third kappa shape index (κ3) is 1.55. The number of carbonyl (C=O) groups is 2. The van der Waals surface area contributed by atoms with Gasteiger partial charge in [-0.1, -0.05) is 0 Å². The first kappa shape index (κ1) is 8.99. The van der Waals surface area contributed by atoms with Gasteiger partial charge in [0.05, 0.1) is 18.9 Å². The van der Waals surface area contributed by atoms with Crippen LogP contribution in [0.3, 0.4) is 0 Å². The molecule has 12 heavy (non-hydrogen) atoms. The number of aliphatic carboxylic acids is 1. The number of carboxylic acid groups (broad SMARTS) is 1. The quantitative estimate of drug-likeness (QED) is 0.528. The second-order valence-corrected chi connectivity index (χ2v) is 2.73. The smallest absolute Gasteiger partial charge is 0.310 e. The minimum absolute atomic E-state index is 0.342. The van der Waals surface area contributed by atoms with Gasteiger partial charge < -0.3 is 15.2 Å². The van der Waals surface area contributed by atoms with E-state index in [9.17, 15) is 9.59 Å². The minimum atomic E-state index is -0.949. The molecule has 1 rings (SSSR count). The number of hydrogen-bond donors (Lipinski definition) is 2. The molecule has 0 aromatic rings. The lowest BCUT2D eigenvalue weighted by molar-refractivity contribution is -0.153. The van der Waals surface area contributed by atoms with Gasteiger partial charge in [-0.05, 0) is 0 Å². The third-order valence-electron chi connectivity index (χ3n) is 2.04. The maximum atomic E-state index is 11.0. The Morgan fingerprint density at radius 2 is 2.00 bits per heavy atom. The van der Waals surface area contributed by atoms with Gasteiger partial charge in [-0.2, -0.15) is 0 Å². The zero-order valence-corrected chi connectivity index (χ0v) is 6.74. The minimum Gasteiger partial charge on any atom is -0.481 e. The fraction of sp³-hybridized carbons (Fsp3) is 0.714. The lowest BCUT2D eigenvalue weighted by Crippen LogP contribution is -2.29. The van der Waals surface area contributed by atoms with E-state index in [1.807, 2.05) is 0 Å². The maximum absolute atomic E-state index is 11.0. The van der Waals surface area contributed by atoms with Gasteiger partial charge in [0.15, 0.2) is 0 Å². The summed E-state index contributed by atoms with van der Waals surface area (Å²) in [6, 6.07) is 0. The highest BCUT2D eigenvalue weighted by Crippen LogP contribution is 2.17. The Hall–Kier alpha value is -1.10. The van der Waals surface area contributed by atoms with E-state index in [1.54, 1.807) is 0 Å². The number of carbonyl (C=O) groups excluding carboxylic acids is 1. The first-order valence-corrected chi connectivity index (χ1v) is 3.68. The van der Waals surface area contributed by atoms with E-state index < -0.39 is 23.8 Å². The number of esters is 1. The number of hydrogen-bond acceptors (Lipinski definition) is 4. The van der Waals surface area contributed by atoms with Gasteiger partial charge in [0.2, 0.25) is 0 Å². The predicted octanol–water partition coefficient (Wildman–Crippen LogP) is -0.920. The normalized spacial score (nSPS) is 28.4. The van der Waals surface area contributed by atoms with Crippen molar-refractivity contribution in [2.75, 3.05) is 20.2 Å². The van der Waals surface area contributed by atoms with Crippen LogP contribution in [0.25, 0.3) is 0 Å². The summed E-state index contributed by atoms with van der Waals surface area (Å²) in [4.78, 5) is 21.6. The van der Waals surface area contributed by atoms with Crippen molar-refractivity contribution in [3.05, 3.63) is 0 Å². The van der Waals surface area contributed by atoms with E-state index in [2.05, 4.69) is 10.1 Å². The van der Waals surface area contributed by atoms with Gasteiger partial charge >= 0.3 is 11.9 Å². The Kier molecular flexibility index (Phi) is 2.65. The highest BCUT2D eigenvalue weighted by atomic mass is 16.5. The van der Waals surface area contributed by atoms with Gasteiger partial charge in [-0.3, -0.25) is 9.59 Å². The second-order valence-electron chi connectivity index (χ2n) is 2.73. The average molecular weight is 173 g/mol.